The molecular formula is C12H15ClN4O3. The summed E-state index contributed by atoms with van der Waals surface area (Å²) in [5, 5.41) is 11.2. The van der Waals surface area contributed by atoms with Crippen molar-refractivity contribution in [3.8, 4) is 0 Å². The first-order chi connectivity index (χ1) is 9.58. The molecule has 0 aromatic heterocycles. The Bertz CT molecular complexity index is 529. The van der Waals surface area contributed by atoms with Crippen molar-refractivity contribution in [2.75, 3.05) is 26.3 Å². The number of nitrogens with zero attached hydrogens (tertiary/aromatic N) is 3. The fraction of sp³-hybridized carbons (Fsp3) is 0.417. The summed E-state index contributed by atoms with van der Waals surface area (Å²) in [4.78, 5) is 16.4. The van der Waals surface area contributed by atoms with Gasteiger partial charge in [-0.15, -0.1) is 0 Å². The normalized spacial score (nSPS) is 16.2. The molecule has 0 unspecified atom stereocenters. The Kier molecular flexibility index (Phi) is 4.75. The molecule has 8 heteroatoms. The van der Waals surface area contributed by atoms with Gasteiger partial charge >= 0.3 is 0 Å². The molecule has 0 bridgehead atoms. The van der Waals surface area contributed by atoms with Gasteiger partial charge < -0.3 is 15.4 Å². The Morgan fingerprint density at radius 1 is 1.50 bits per heavy atom. The smallest absolute Gasteiger partial charge is 0.269 e. The van der Waals surface area contributed by atoms with Crippen LogP contribution in [0, 0.1) is 10.1 Å². The summed E-state index contributed by atoms with van der Waals surface area (Å²) in [7, 11) is 0. The molecule has 0 spiro atoms. The Hall–Kier alpha value is -1.86. The first-order valence-corrected chi connectivity index (χ1v) is 6.51. The first-order valence-electron chi connectivity index (χ1n) is 6.13. The van der Waals surface area contributed by atoms with E-state index in [0.717, 1.165) is 0 Å². The van der Waals surface area contributed by atoms with Crippen LogP contribution in [0.1, 0.15) is 5.56 Å². The molecule has 7 nitrogen and oxygen atoms in total. The number of aliphatic imine (C=N–C) groups is 1. The Balaban J connectivity index is 2.09. The van der Waals surface area contributed by atoms with Crippen molar-refractivity contribution >= 4 is 23.2 Å². The minimum Gasteiger partial charge on any atom is -0.378 e. The SMILES string of the molecule is NC(=NCc1cc([N+](=O)[O-])ccc1Cl)N1CCOCC1. The van der Waals surface area contributed by atoms with Crippen LogP contribution in [0.2, 0.25) is 5.02 Å². The molecule has 1 aromatic carbocycles. The predicted octanol–water partition coefficient (Wildman–Crippen LogP) is 1.40. The standard InChI is InChI=1S/C12H15ClN4O3/c13-11-2-1-10(17(18)19)7-9(11)8-15-12(14)16-3-5-20-6-4-16/h1-2,7H,3-6,8H2,(H2,14,15). The largest absolute Gasteiger partial charge is 0.378 e. The van der Waals surface area contributed by atoms with Crippen LogP contribution in [0.4, 0.5) is 5.69 Å². The number of nitro groups is 1. The molecule has 0 atom stereocenters. The zero-order valence-corrected chi connectivity index (χ0v) is 11.5. The van der Waals surface area contributed by atoms with Crippen LogP contribution >= 0.6 is 11.6 Å². The van der Waals surface area contributed by atoms with Crippen LogP contribution in [0.15, 0.2) is 23.2 Å². The molecule has 0 radical (unpaired) electrons. The molecule has 2 rings (SSSR count). The average molecular weight is 299 g/mol. The summed E-state index contributed by atoms with van der Waals surface area (Å²) >= 11 is 6.00. The van der Waals surface area contributed by atoms with Crippen molar-refractivity contribution < 1.29 is 9.66 Å². The molecule has 1 aliphatic rings. The third kappa shape index (κ3) is 3.58. The molecule has 2 N–H and O–H groups in total. The molecule has 0 saturated carbocycles. The molecular weight excluding hydrogens is 284 g/mol. The fourth-order valence-electron chi connectivity index (χ4n) is 1.85. The lowest BCUT2D eigenvalue weighted by atomic mass is 10.2. The van der Waals surface area contributed by atoms with Gasteiger partial charge in [0.15, 0.2) is 5.96 Å². The van der Waals surface area contributed by atoms with Gasteiger partial charge in [0.2, 0.25) is 0 Å². The maximum absolute atomic E-state index is 10.7. The number of hydrogen-bond acceptors (Lipinski definition) is 4. The zero-order valence-electron chi connectivity index (χ0n) is 10.8. The third-order valence-corrected chi connectivity index (χ3v) is 3.36. The number of rotatable bonds is 3. The van der Waals surface area contributed by atoms with Crippen molar-refractivity contribution in [2.24, 2.45) is 10.7 Å². The van der Waals surface area contributed by atoms with E-state index in [9.17, 15) is 10.1 Å². The summed E-state index contributed by atoms with van der Waals surface area (Å²) in [5.41, 5.74) is 6.46. The van der Waals surface area contributed by atoms with Gasteiger partial charge in [0, 0.05) is 30.2 Å². The highest BCUT2D eigenvalue weighted by molar-refractivity contribution is 6.31. The van der Waals surface area contributed by atoms with E-state index in [4.69, 9.17) is 22.1 Å². The van der Waals surface area contributed by atoms with Crippen LogP contribution in [0.25, 0.3) is 0 Å². The number of ether oxygens (including phenoxy) is 1. The predicted molar refractivity (Wildman–Crippen MR) is 75.8 cm³/mol. The molecule has 1 saturated heterocycles. The Morgan fingerprint density at radius 2 is 2.20 bits per heavy atom. The van der Waals surface area contributed by atoms with Gasteiger partial charge in [0.1, 0.15) is 0 Å². The molecule has 0 amide bonds. The average Bonchev–Trinajstić information content (AvgIpc) is 2.46. The van der Waals surface area contributed by atoms with Crippen LogP contribution in [0.5, 0.6) is 0 Å². The van der Waals surface area contributed by atoms with E-state index in [0.29, 0.717) is 42.8 Å². The lowest BCUT2D eigenvalue weighted by molar-refractivity contribution is -0.384. The molecule has 1 heterocycles. The highest BCUT2D eigenvalue weighted by Crippen LogP contribution is 2.22. The second kappa shape index (κ2) is 6.53. The van der Waals surface area contributed by atoms with E-state index in [1.807, 2.05) is 4.90 Å². The summed E-state index contributed by atoms with van der Waals surface area (Å²) < 4.78 is 5.23. The van der Waals surface area contributed by atoms with Crippen molar-refractivity contribution in [1.82, 2.24) is 4.90 Å². The van der Waals surface area contributed by atoms with Gasteiger partial charge in [0.05, 0.1) is 24.7 Å². The summed E-state index contributed by atoms with van der Waals surface area (Å²) in [6.07, 6.45) is 0. The highest BCUT2D eigenvalue weighted by Gasteiger charge is 2.13. The lowest BCUT2D eigenvalue weighted by Gasteiger charge is -2.27. The number of benzene rings is 1. The molecule has 1 aliphatic heterocycles. The fourth-order valence-corrected chi connectivity index (χ4v) is 2.03. The quantitative estimate of drug-likeness (QED) is 0.394. The van der Waals surface area contributed by atoms with E-state index in [-0.39, 0.29) is 12.2 Å². The number of morpholine rings is 1. The molecule has 108 valence electrons. The van der Waals surface area contributed by atoms with Gasteiger partial charge in [-0.25, -0.2) is 4.99 Å². The van der Waals surface area contributed by atoms with Crippen molar-refractivity contribution in [1.29, 1.82) is 0 Å². The number of guanidine groups is 1. The summed E-state index contributed by atoms with van der Waals surface area (Å²) in [6, 6.07) is 4.27. The first kappa shape index (κ1) is 14.5. The van der Waals surface area contributed by atoms with E-state index in [1.54, 1.807) is 0 Å². The van der Waals surface area contributed by atoms with E-state index in [1.165, 1.54) is 18.2 Å². The van der Waals surface area contributed by atoms with Crippen LogP contribution in [-0.2, 0) is 11.3 Å². The minimum absolute atomic E-state index is 0.00968. The third-order valence-electron chi connectivity index (χ3n) is 2.99. The zero-order chi connectivity index (χ0) is 14.5. The molecule has 1 aromatic rings. The summed E-state index contributed by atoms with van der Waals surface area (Å²) in [6.45, 7) is 2.83. The topological polar surface area (TPSA) is 94.0 Å². The van der Waals surface area contributed by atoms with Crippen LogP contribution in [0.3, 0.4) is 0 Å². The number of nitro benzene ring substituents is 1. The second-order valence-corrected chi connectivity index (χ2v) is 4.71. The Morgan fingerprint density at radius 3 is 2.85 bits per heavy atom. The van der Waals surface area contributed by atoms with Gasteiger partial charge in [-0.2, -0.15) is 0 Å². The van der Waals surface area contributed by atoms with E-state index in [2.05, 4.69) is 4.99 Å². The maximum atomic E-state index is 10.7. The summed E-state index contributed by atoms with van der Waals surface area (Å²) in [5.74, 6) is 0.399. The van der Waals surface area contributed by atoms with E-state index < -0.39 is 4.92 Å². The highest BCUT2D eigenvalue weighted by atomic mass is 35.5. The van der Waals surface area contributed by atoms with Crippen molar-refractivity contribution in [2.45, 2.75) is 6.54 Å². The van der Waals surface area contributed by atoms with Crippen molar-refractivity contribution in [3.05, 3.63) is 38.9 Å². The minimum atomic E-state index is -0.463. The van der Waals surface area contributed by atoms with Gasteiger partial charge in [-0.05, 0) is 11.6 Å². The van der Waals surface area contributed by atoms with Gasteiger partial charge in [-0.3, -0.25) is 10.1 Å². The Labute approximate surface area is 121 Å². The number of nitrogens with two attached hydrogens (primary N) is 1. The number of halogens is 1. The number of hydrogen-bond donors (Lipinski definition) is 1. The number of non-ortho nitro benzene ring substituents is 1. The maximum Gasteiger partial charge on any atom is 0.269 e. The van der Waals surface area contributed by atoms with Gasteiger partial charge in [0.25, 0.3) is 5.69 Å². The van der Waals surface area contributed by atoms with Gasteiger partial charge in [-0.1, -0.05) is 11.6 Å². The monoisotopic (exact) mass is 298 g/mol. The lowest BCUT2D eigenvalue weighted by Crippen LogP contribution is -2.44. The van der Waals surface area contributed by atoms with E-state index >= 15 is 0 Å². The second-order valence-electron chi connectivity index (χ2n) is 4.31. The van der Waals surface area contributed by atoms with Crippen LogP contribution < -0.4 is 5.73 Å². The molecule has 0 aliphatic carbocycles. The molecule has 1 fully saturated rings. The van der Waals surface area contributed by atoms with Crippen LogP contribution in [-0.4, -0.2) is 42.1 Å². The van der Waals surface area contributed by atoms with Crippen molar-refractivity contribution in [3.63, 3.8) is 0 Å². The molecule has 20 heavy (non-hydrogen) atoms.